The normalized spacial score (nSPS) is 13.7. The van der Waals surface area contributed by atoms with E-state index in [1.165, 1.54) is 5.56 Å². The SMILES string of the molecule is CCc1cccc(NCc2nc(-c3ccc4ncnn4c3)c(C3=CC=CCC(C)=N3)[nH]2)c1. The molecule has 0 unspecified atom stereocenters. The van der Waals surface area contributed by atoms with Crippen LogP contribution in [0.1, 0.15) is 37.4 Å². The number of rotatable bonds is 6. The first-order chi connectivity index (χ1) is 15.7. The number of aryl methyl sites for hydroxylation is 1. The lowest BCUT2D eigenvalue weighted by Crippen LogP contribution is -2.01. The average molecular weight is 424 g/mol. The van der Waals surface area contributed by atoms with Gasteiger partial charge in [-0.05, 0) is 49.2 Å². The van der Waals surface area contributed by atoms with Crippen molar-refractivity contribution in [3.05, 3.63) is 84.2 Å². The summed E-state index contributed by atoms with van der Waals surface area (Å²) in [5.41, 5.74) is 7.82. The summed E-state index contributed by atoms with van der Waals surface area (Å²) >= 11 is 0. The number of hydrogen-bond donors (Lipinski definition) is 2. The fourth-order valence-electron chi connectivity index (χ4n) is 3.77. The van der Waals surface area contributed by atoms with Gasteiger partial charge >= 0.3 is 0 Å². The standard InChI is InChI=1S/C25H25N7/c1-3-18-8-6-9-20(13-18)26-14-22-30-24(19-11-12-23-27-16-28-32(23)15-19)25(31-22)21-10-5-4-7-17(2)29-21/h4-6,8-13,15-16,26H,3,7,14H2,1-2H3,(H,30,31). The van der Waals surface area contributed by atoms with Crippen LogP contribution < -0.4 is 5.32 Å². The third kappa shape index (κ3) is 4.09. The minimum absolute atomic E-state index is 0.581. The number of benzene rings is 1. The van der Waals surface area contributed by atoms with Crippen LogP contribution in [0.3, 0.4) is 0 Å². The molecule has 3 aromatic heterocycles. The van der Waals surface area contributed by atoms with Crippen molar-refractivity contribution in [1.82, 2.24) is 24.6 Å². The highest BCUT2D eigenvalue weighted by Gasteiger charge is 2.17. The van der Waals surface area contributed by atoms with Crippen LogP contribution in [0.25, 0.3) is 22.6 Å². The van der Waals surface area contributed by atoms with E-state index in [2.05, 4.69) is 63.7 Å². The Labute approximate surface area is 186 Å². The Balaban J connectivity index is 1.53. The second-order valence-corrected chi connectivity index (χ2v) is 7.83. The summed E-state index contributed by atoms with van der Waals surface area (Å²) in [7, 11) is 0. The van der Waals surface area contributed by atoms with Crippen molar-refractivity contribution in [3.8, 4) is 11.3 Å². The third-order valence-electron chi connectivity index (χ3n) is 5.47. The van der Waals surface area contributed by atoms with Gasteiger partial charge < -0.3 is 10.3 Å². The molecule has 0 spiro atoms. The molecule has 0 saturated heterocycles. The van der Waals surface area contributed by atoms with Crippen molar-refractivity contribution in [2.24, 2.45) is 4.99 Å². The van der Waals surface area contributed by atoms with E-state index in [1.54, 1.807) is 10.8 Å². The molecule has 2 N–H and O–H groups in total. The lowest BCUT2D eigenvalue weighted by molar-refractivity contribution is 0.960. The summed E-state index contributed by atoms with van der Waals surface area (Å²) < 4.78 is 1.76. The van der Waals surface area contributed by atoms with Crippen LogP contribution in [0.4, 0.5) is 5.69 Å². The molecule has 1 aromatic carbocycles. The summed E-state index contributed by atoms with van der Waals surface area (Å²) in [5.74, 6) is 0.845. The fraction of sp³-hybridized carbons (Fsp3) is 0.200. The predicted octanol–water partition coefficient (Wildman–Crippen LogP) is 5.06. The van der Waals surface area contributed by atoms with Gasteiger partial charge in [0, 0.05) is 29.6 Å². The molecule has 4 heterocycles. The van der Waals surface area contributed by atoms with Crippen LogP contribution in [-0.2, 0) is 13.0 Å². The quantitative estimate of drug-likeness (QED) is 0.454. The van der Waals surface area contributed by atoms with Crippen LogP contribution >= 0.6 is 0 Å². The summed E-state index contributed by atoms with van der Waals surface area (Å²) in [5, 5.41) is 7.76. The minimum atomic E-state index is 0.581. The number of aromatic nitrogens is 5. The molecule has 0 amide bonds. The molecule has 0 bridgehead atoms. The summed E-state index contributed by atoms with van der Waals surface area (Å²) in [4.78, 5) is 17.5. The number of fused-ring (bicyclic) bond motifs is 1. The first-order valence-electron chi connectivity index (χ1n) is 10.8. The molecule has 0 saturated carbocycles. The lowest BCUT2D eigenvalue weighted by atomic mass is 10.1. The topological polar surface area (TPSA) is 83.3 Å². The number of imidazole rings is 1. The Morgan fingerprint density at radius 1 is 1.19 bits per heavy atom. The van der Waals surface area contributed by atoms with Gasteiger partial charge in [-0.1, -0.05) is 31.2 Å². The molecule has 1 aliphatic rings. The molecule has 7 nitrogen and oxygen atoms in total. The maximum atomic E-state index is 4.95. The molecule has 0 atom stereocenters. The zero-order valence-corrected chi connectivity index (χ0v) is 18.2. The highest BCUT2D eigenvalue weighted by molar-refractivity contribution is 5.91. The number of allylic oxidation sites excluding steroid dienone is 3. The van der Waals surface area contributed by atoms with E-state index in [1.807, 2.05) is 31.3 Å². The molecule has 7 heteroatoms. The van der Waals surface area contributed by atoms with Crippen molar-refractivity contribution in [2.45, 2.75) is 33.2 Å². The summed E-state index contributed by atoms with van der Waals surface area (Å²) in [6.07, 6.45) is 11.6. The zero-order valence-electron chi connectivity index (χ0n) is 18.2. The number of pyridine rings is 1. The second-order valence-electron chi connectivity index (χ2n) is 7.83. The van der Waals surface area contributed by atoms with E-state index in [-0.39, 0.29) is 0 Å². The Hall–Kier alpha value is -4.00. The molecule has 0 fully saturated rings. The number of aliphatic imine (C=N–C) groups is 1. The van der Waals surface area contributed by atoms with Gasteiger partial charge in [-0.2, -0.15) is 5.10 Å². The van der Waals surface area contributed by atoms with Crippen molar-refractivity contribution < 1.29 is 0 Å². The number of anilines is 1. The first-order valence-corrected chi connectivity index (χ1v) is 10.8. The van der Waals surface area contributed by atoms with Crippen molar-refractivity contribution in [2.75, 3.05) is 5.32 Å². The molecule has 160 valence electrons. The van der Waals surface area contributed by atoms with Gasteiger partial charge in [-0.3, -0.25) is 4.99 Å². The van der Waals surface area contributed by atoms with Gasteiger partial charge in [0.05, 0.1) is 23.6 Å². The Kier molecular flexibility index (Phi) is 5.37. The van der Waals surface area contributed by atoms with E-state index in [4.69, 9.17) is 9.98 Å². The van der Waals surface area contributed by atoms with Gasteiger partial charge in [0.15, 0.2) is 5.65 Å². The predicted molar refractivity (Wildman–Crippen MR) is 129 cm³/mol. The monoisotopic (exact) mass is 423 g/mol. The van der Waals surface area contributed by atoms with E-state index in [9.17, 15) is 0 Å². The van der Waals surface area contributed by atoms with E-state index < -0.39 is 0 Å². The van der Waals surface area contributed by atoms with E-state index in [0.29, 0.717) is 6.54 Å². The third-order valence-corrected chi connectivity index (χ3v) is 5.47. The van der Waals surface area contributed by atoms with Gasteiger partial charge in [0.25, 0.3) is 0 Å². The van der Waals surface area contributed by atoms with Gasteiger partial charge in [0.2, 0.25) is 0 Å². The molecule has 5 rings (SSSR count). The van der Waals surface area contributed by atoms with Crippen LogP contribution in [0.15, 0.2) is 72.1 Å². The molecular weight excluding hydrogens is 398 g/mol. The van der Waals surface area contributed by atoms with E-state index in [0.717, 1.165) is 58.4 Å². The Morgan fingerprint density at radius 2 is 2.12 bits per heavy atom. The molecule has 32 heavy (non-hydrogen) atoms. The average Bonchev–Trinajstić information content (AvgIpc) is 3.40. The van der Waals surface area contributed by atoms with Gasteiger partial charge in [-0.25, -0.2) is 14.5 Å². The van der Waals surface area contributed by atoms with Crippen LogP contribution in [0.5, 0.6) is 0 Å². The maximum Gasteiger partial charge on any atom is 0.155 e. The fourth-order valence-corrected chi connectivity index (χ4v) is 3.77. The first kappa shape index (κ1) is 19.9. The zero-order chi connectivity index (χ0) is 21.9. The smallest absolute Gasteiger partial charge is 0.155 e. The number of hydrogen-bond acceptors (Lipinski definition) is 5. The molecular formula is C25H25N7. The Morgan fingerprint density at radius 3 is 3.03 bits per heavy atom. The second kappa shape index (κ2) is 8.63. The molecule has 0 aliphatic carbocycles. The summed E-state index contributed by atoms with van der Waals surface area (Å²) in [6, 6.07) is 12.4. The van der Waals surface area contributed by atoms with Gasteiger partial charge in [-0.15, -0.1) is 0 Å². The largest absolute Gasteiger partial charge is 0.378 e. The number of nitrogens with zero attached hydrogens (tertiary/aromatic N) is 5. The molecule has 4 aromatic rings. The lowest BCUT2D eigenvalue weighted by Gasteiger charge is -2.06. The number of aromatic amines is 1. The molecule has 1 aliphatic heterocycles. The molecule has 0 radical (unpaired) electrons. The van der Waals surface area contributed by atoms with Crippen LogP contribution in [0, 0.1) is 0 Å². The number of nitrogens with one attached hydrogen (secondary N) is 2. The minimum Gasteiger partial charge on any atom is -0.378 e. The van der Waals surface area contributed by atoms with Crippen LogP contribution in [0.2, 0.25) is 0 Å². The maximum absolute atomic E-state index is 4.95. The highest BCUT2D eigenvalue weighted by atomic mass is 15.3. The number of H-pyrrole nitrogens is 1. The Bertz CT molecular complexity index is 1350. The van der Waals surface area contributed by atoms with Crippen molar-refractivity contribution in [1.29, 1.82) is 0 Å². The van der Waals surface area contributed by atoms with Crippen molar-refractivity contribution in [3.63, 3.8) is 0 Å². The highest BCUT2D eigenvalue weighted by Crippen LogP contribution is 2.29. The van der Waals surface area contributed by atoms with Crippen LogP contribution in [-0.4, -0.2) is 30.3 Å². The van der Waals surface area contributed by atoms with E-state index >= 15 is 0 Å². The van der Waals surface area contributed by atoms with Crippen molar-refractivity contribution >= 4 is 22.7 Å². The summed E-state index contributed by atoms with van der Waals surface area (Å²) in [6.45, 7) is 4.79. The van der Waals surface area contributed by atoms with Gasteiger partial charge in [0.1, 0.15) is 12.2 Å².